The number of carboxylic acid groups (broad SMARTS) is 1. The third kappa shape index (κ3) is 8.10. The molecule has 6 aromatic carbocycles. The fourth-order valence-electron chi connectivity index (χ4n) is 8.55. The molecule has 0 bridgehead atoms. The van der Waals surface area contributed by atoms with Crippen LogP contribution in [-0.2, 0) is 35.1 Å². The number of methoxy groups -OCH3 is 1. The Bertz CT molecular complexity index is 2650. The smallest absolute Gasteiger partial charge is 0.352 e. The Morgan fingerprint density at radius 3 is 1.60 bits per heavy atom. The summed E-state index contributed by atoms with van der Waals surface area (Å²) < 4.78 is 5.25. The van der Waals surface area contributed by atoms with Gasteiger partial charge in [0.05, 0.1) is 6.61 Å². The minimum absolute atomic E-state index is 0.0581. The minimum atomic E-state index is -1.35. The van der Waals surface area contributed by atoms with Crippen molar-refractivity contribution in [2.24, 2.45) is 5.16 Å². The topological polar surface area (TPSA) is 142 Å². The Morgan fingerprint density at radius 2 is 1.17 bits per heavy atom. The highest BCUT2D eigenvalue weighted by atomic mass is 32.2. The number of carboxylic acids is 1. The number of carbonyl (C=O) groups is 3. The van der Waals surface area contributed by atoms with Crippen LogP contribution >= 0.6 is 23.1 Å². The number of thiazole rings is 1. The summed E-state index contributed by atoms with van der Waals surface area (Å²) in [5.74, 6) is -2.22. The molecule has 1 saturated heterocycles. The van der Waals surface area contributed by atoms with Crippen LogP contribution in [0.25, 0.3) is 0 Å². The number of nitrogens with zero attached hydrogens (tertiary/aromatic N) is 3. The van der Waals surface area contributed by atoms with Gasteiger partial charge in [-0.1, -0.05) is 187 Å². The number of β-lactam (4-membered cyclic amide) rings is 1. The molecule has 1 aromatic heterocycles. The van der Waals surface area contributed by atoms with Crippen molar-refractivity contribution >= 4 is 51.7 Å². The van der Waals surface area contributed by atoms with E-state index in [9.17, 15) is 19.5 Å². The number of amides is 2. The quantitative estimate of drug-likeness (QED) is 0.0376. The number of thioether (sulfide) groups is 1. The van der Waals surface area contributed by atoms with Gasteiger partial charge >= 0.3 is 5.97 Å². The van der Waals surface area contributed by atoms with Gasteiger partial charge in [0.2, 0.25) is 5.60 Å². The van der Waals surface area contributed by atoms with Crippen LogP contribution in [0.15, 0.2) is 204 Å². The van der Waals surface area contributed by atoms with Crippen molar-refractivity contribution in [1.29, 1.82) is 0 Å². The highest BCUT2D eigenvalue weighted by molar-refractivity contribution is 8.00. The van der Waals surface area contributed by atoms with E-state index in [-0.39, 0.29) is 23.7 Å². The average Bonchev–Trinajstić information content (AvgIpc) is 3.83. The lowest BCUT2D eigenvalue weighted by molar-refractivity contribution is -0.150. The molecule has 9 rings (SSSR count). The number of nitrogens with one attached hydrogen (secondary N) is 2. The predicted molar refractivity (Wildman–Crippen MR) is 253 cm³/mol. The van der Waals surface area contributed by atoms with Crippen molar-refractivity contribution in [2.45, 2.75) is 22.6 Å². The number of aromatic nitrogens is 1. The van der Waals surface area contributed by atoms with E-state index in [1.165, 1.54) is 35.1 Å². The van der Waals surface area contributed by atoms with Crippen LogP contribution < -0.4 is 10.6 Å². The van der Waals surface area contributed by atoms with E-state index in [1.807, 2.05) is 146 Å². The zero-order chi connectivity index (χ0) is 44.8. The van der Waals surface area contributed by atoms with Crippen molar-refractivity contribution in [2.75, 3.05) is 24.8 Å². The summed E-state index contributed by atoms with van der Waals surface area (Å²) in [6, 6.07) is 58.2. The first kappa shape index (κ1) is 43.0. The Labute approximate surface area is 384 Å². The Balaban J connectivity index is 1.16. The molecule has 0 spiro atoms. The first-order chi connectivity index (χ1) is 31.8. The van der Waals surface area contributed by atoms with Crippen LogP contribution in [0.5, 0.6) is 0 Å². The van der Waals surface area contributed by atoms with Crippen molar-refractivity contribution < 1.29 is 29.1 Å². The second-order valence-corrected chi connectivity index (χ2v) is 17.3. The van der Waals surface area contributed by atoms with Gasteiger partial charge in [-0.3, -0.25) is 14.5 Å². The van der Waals surface area contributed by atoms with E-state index in [4.69, 9.17) is 19.7 Å². The molecule has 3 heterocycles. The van der Waals surface area contributed by atoms with E-state index >= 15 is 0 Å². The molecular weight excluding hydrogens is 855 g/mol. The van der Waals surface area contributed by atoms with Crippen LogP contribution in [-0.4, -0.2) is 69.4 Å². The van der Waals surface area contributed by atoms with Crippen LogP contribution in [0.4, 0.5) is 5.13 Å². The first-order valence-electron chi connectivity index (χ1n) is 20.9. The third-order valence-corrected chi connectivity index (χ3v) is 13.6. The molecule has 0 radical (unpaired) electrons. The monoisotopic (exact) mass is 897 g/mol. The van der Waals surface area contributed by atoms with Crippen molar-refractivity contribution in [3.8, 4) is 0 Å². The minimum Gasteiger partial charge on any atom is -0.477 e. The summed E-state index contributed by atoms with van der Waals surface area (Å²) in [6.07, 6.45) is 0. The maximum absolute atomic E-state index is 14.9. The van der Waals surface area contributed by atoms with Crippen molar-refractivity contribution in [3.05, 3.63) is 238 Å². The number of aliphatic carboxylic acids is 1. The van der Waals surface area contributed by atoms with E-state index in [0.29, 0.717) is 16.5 Å². The molecule has 1 fully saturated rings. The fraction of sp³-hybridized carbons (Fsp3) is 0.135. The van der Waals surface area contributed by atoms with Gasteiger partial charge in [-0.15, -0.1) is 23.1 Å². The number of hydrogen-bond acceptors (Lipinski definition) is 10. The molecule has 11 nitrogen and oxygen atoms in total. The highest BCUT2D eigenvalue weighted by Crippen LogP contribution is 2.44. The van der Waals surface area contributed by atoms with Crippen molar-refractivity contribution in [3.63, 3.8) is 0 Å². The number of fused-ring (bicyclic) bond motifs is 1. The molecule has 2 atom stereocenters. The highest BCUT2D eigenvalue weighted by Gasteiger charge is 2.54. The second-order valence-electron chi connectivity index (χ2n) is 15.4. The number of ether oxygens (including phenoxy) is 1. The van der Waals surface area contributed by atoms with Gasteiger partial charge in [0, 0.05) is 34.9 Å². The lowest BCUT2D eigenvalue weighted by atomic mass is 9.77. The van der Waals surface area contributed by atoms with E-state index in [1.54, 1.807) is 5.38 Å². The lowest BCUT2D eigenvalue weighted by Crippen LogP contribution is -2.71. The predicted octanol–water partition coefficient (Wildman–Crippen LogP) is 8.64. The molecule has 0 saturated carbocycles. The van der Waals surface area contributed by atoms with Gasteiger partial charge in [0.25, 0.3) is 11.8 Å². The van der Waals surface area contributed by atoms with Crippen LogP contribution in [0, 0.1) is 0 Å². The normalized spacial score (nSPS) is 16.3. The molecule has 2 aliphatic rings. The van der Waals surface area contributed by atoms with E-state index in [2.05, 4.69) is 47.0 Å². The van der Waals surface area contributed by atoms with Crippen molar-refractivity contribution in [1.82, 2.24) is 15.2 Å². The molecule has 65 heavy (non-hydrogen) atoms. The Hall–Kier alpha value is -7.32. The number of carbonyl (C=O) groups excluding carboxylic acids is 2. The van der Waals surface area contributed by atoms with Gasteiger partial charge in [-0.05, 0) is 22.3 Å². The maximum Gasteiger partial charge on any atom is 0.352 e. The Kier molecular flexibility index (Phi) is 12.4. The molecule has 2 amide bonds. The number of oxime groups is 1. The molecule has 1 unspecified atom stereocenters. The van der Waals surface area contributed by atoms with E-state index < -0.39 is 40.3 Å². The van der Waals surface area contributed by atoms with Gasteiger partial charge in [0.15, 0.2) is 10.8 Å². The van der Waals surface area contributed by atoms with Crippen LogP contribution in [0.1, 0.15) is 39.1 Å². The zero-order valence-corrected chi connectivity index (χ0v) is 36.7. The molecule has 13 heteroatoms. The maximum atomic E-state index is 14.9. The number of anilines is 1. The summed E-state index contributed by atoms with van der Waals surface area (Å²) in [5, 5.41) is 23.2. The zero-order valence-electron chi connectivity index (χ0n) is 35.1. The van der Waals surface area contributed by atoms with Gasteiger partial charge in [0.1, 0.15) is 28.3 Å². The standard InChI is InChI=1S/C52H43N5O6S2/c1-62-32-35-33-64-48-44(47(59)57(48)45(35)49(60)61)54-46(58)43(56-63-52(39-26-14-5-15-27-39,40-28-16-6-17-29-40)41-30-18-7-19-31-41)42-34-65-50(53-42)55-51(36-20-8-2-9-21-36,37-22-10-3-11-23-37)38-24-12-4-13-25-38/h2-31,34,44,48H,32-33H2,1H3,(H,53,55)(H,54,58)(H,60,61)/b56-43-/t44?,48-/m0/s1. The van der Waals surface area contributed by atoms with Crippen LogP contribution in [0.3, 0.4) is 0 Å². The summed E-state index contributed by atoms with van der Waals surface area (Å²) in [4.78, 5) is 54.4. The Morgan fingerprint density at radius 1 is 0.723 bits per heavy atom. The summed E-state index contributed by atoms with van der Waals surface area (Å²) in [7, 11) is 1.47. The molecular formula is C52H43N5O6S2. The molecule has 7 aromatic rings. The van der Waals surface area contributed by atoms with Gasteiger partial charge in [-0.2, -0.15) is 0 Å². The van der Waals surface area contributed by atoms with Gasteiger partial charge < -0.3 is 25.3 Å². The average molecular weight is 898 g/mol. The molecule has 3 N–H and O–H groups in total. The third-order valence-electron chi connectivity index (χ3n) is 11.5. The lowest BCUT2D eigenvalue weighted by Gasteiger charge is -2.49. The van der Waals surface area contributed by atoms with Crippen LogP contribution in [0.2, 0.25) is 0 Å². The second kappa shape index (κ2) is 18.8. The summed E-state index contributed by atoms with van der Waals surface area (Å²) >= 11 is 2.64. The summed E-state index contributed by atoms with van der Waals surface area (Å²) in [5.41, 5.74) is 3.23. The molecule has 2 aliphatic heterocycles. The van der Waals surface area contributed by atoms with Gasteiger partial charge in [-0.25, -0.2) is 9.78 Å². The summed E-state index contributed by atoms with van der Waals surface area (Å²) in [6.45, 7) is 0.0581. The van der Waals surface area contributed by atoms with E-state index in [0.717, 1.165) is 33.4 Å². The molecule has 0 aliphatic carbocycles. The SMILES string of the molecule is COCC1=C(C(=O)O)N2C(=O)C(NC(=O)/C(=N\OC(c3ccccc3)(c3ccccc3)c3ccccc3)c3csc(NC(c4ccccc4)(c4ccccc4)c4ccccc4)n3)[C@@H]2SC1. The largest absolute Gasteiger partial charge is 0.477 e. The fourth-order valence-corrected chi connectivity index (χ4v) is 10.6. The number of benzene rings is 6. The number of rotatable bonds is 16. The first-order valence-corrected chi connectivity index (χ1v) is 22.8. The molecule has 324 valence electrons. The number of hydrogen-bond donors (Lipinski definition) is 3.